The van der Waals surface area contributed by atoms with Gasteiger partial charge in [-0.05, 0) is 25.0 Å². The molecule has 8 heteroatoms. The van der Waals surface area contributed by atoms with Gasteiger partial charge in [-0.15, -0.1) is 0 Å². The first-order chi connectivity index (χ1) is 10.4. The molecule has 0 aliphatic carbocycles. The second kappa shape index (κ2) is 6.08. The van der Waals surface area contributed by atoms with Crippen molar-refractivity contribution in [3.05, 3.63) is 39.7 Å². The fourth-order valence-corrected chi connectivity index (χ4v) is 2.65. The summed E-state index contributed by atoms with van der Waals surface area (Å²) in [5.74, 6) is -1.72. The SMILES string of the molecule is COC(=O)C1CCC(=O)N1C(C)c1ccc(F)c([N+](=O)[O-])c1. The molecular formula is C14H15FN2O5. The van der Waals surface area contributed by atoms with Gasteiger partial charge in [0.05, 0.1) is 18.1 Å². The summed E-state index contributed by atoms with van der Waals surface area (Å²) in [5.41, 5.74) is -0.275. The normalized spacial score (nSPS) is 19.1. The Morgan fingerprint density at radius 1 is 1.55 bits per heavy atom. The fourth-order valence-electron chi connectivity index (χ4n) is 2.65. The third-order valence-electron chi connectivity index (χ3n) is 3.80. The maximum absolute atomic E-state index is 13.4. The van der Waals surface area contributed by atoms with Gasteiger partial charge in [-0.3, -0.25) is 14.9 Å². The Balaban J connectivity index is 2.35. The Morgan fingerprint density at radius 3 is 2.82 bits per heavy atom. The minimum atomic E-state index is -0.946. The summed E-state index contributed by atoms with van der Waals surface area (Å²) in [7, 11) is 1.23. The van der Waals surface area contributed by atoms with Crippen LogP contribution in [0.1, 0.15) is 31.4 Å². The zero-order valence-corrected chi connectivity index (χ0v) is 12.1. The van der Waals surface area contributed by atoms with Crippen molar-refractivity contribution in [3.63, 3.8) is 0 Å². The van der Waals surface area contributed by atoms with Gasteiger partial charge in [0.1, 0.15) is 6.04 Å². The number of hydrogen-bond acceptors (Lipinski definition) is 5. The summed E-state index contributed by atoms with van der Waals surface area (Å²) in [6.45, 7) is 1.64. The molecule has 0 radical (unpaired) electrons. The highest BCUT2D eigenvalue weighted by molar-refractivity contribution is 5.88. The van der Waals surface area contributed by atoms with Crippen LogP contribution < -0.4 is 0 Å². The molecule has 0 aromatic heterocycles. The molecule has 2 unspecified atom stereocenters. The van der Waals surface area contributed by atoms with E-state index in [4.69, 9.17) is 0 Å². The minimum absolute atomic E-state index is 0.202. The topological polar surface area (TPSA) is 89.8 Å². The zero-order chi connectivity index (χ0) is 16.4. The molecule has 2 rings (SSSR count). The van der Waals surface area contributed by atoms with Gasteiger partial charge in [0.25, 0.3) is 0 Å². The number of carbonyl (C=O) groups excluding carboxylic acids is 2. The number of hydrogen-bond donors (Lipinski definition) is 0. The highest BCUT2D eigenvalue weighted by Gasteiger charge is 2.40. The van der Waals surface area contributed by atoms with Gasteiger partial charge in [-0.25, -0.2) is 4.79 Å². The molecule has 1 heterocycles. The summed E-state index contributed by atoms with van der Waals surface area (Å²) < 4.78 is 18.1. The van der Waals surface area contributed by atoms with Crippen molar-refractivity contribution in [2.45, 2.75) is 31.8 Å². The summed E-state index contributed by atoms with van der Waals surface area (Å²) in [4.78, 5) is 35.1. The predicted molar refractivity (Wildman–Crippen MR) is 73.4 cm³/mol. The fraction of sp³-hybridized carbons (Fsp3) is 0.429. The molecule has 1 saturated heterocycles. The van der Waals surface area contributed by atoms with Gasteiger partial charge < -0.3 is 9.64 Å². The molecule has 0 spiro atoms. The zero-order valence-electron chi connectivity index (χ0n) is 12.1. The summed E-state index contributed by atoms with van der Waals surface area (Å²) in [6.07, 6.45) is 0.534. The van der Waals surface area contributed by atoms with Crippen molar-refractivity contribution >= 4 is 17.6 Å². The molecular weight excluding hydrogens is 295 g/mol. The lowest BCUT2D eigenvalue weighted by Crippen LogP contribution is -2.40. The number of methoxy groups -OCH3 is 1. The first-order valence-electron chi connectivity index (χ1n) is 6.69. The van der Waals surface area contributed by atoms with Crippen molar-refractivity contribution in [2.24, 2.45) is 0 Å². The van der Waals surface area contributed by atoms with Crippen LogP contribution in [0, 0.1) is 15.9 Å². The van der Waals surface area contributed by atoms with Crippen LogP contribution in [0.2, 0.25) is 0 Å². The molecule has 1 amide bonds. The average molecular weight is 310 g/mol. The van der Waals surface area contributed by atoms with E-state index < -0.39 is 34.5 Å². The van der Waals surface area contributed by atoms with Crippen LogP contribution in [0.3, 0.4) is 0 Å². The Morgan fingerprint density at radius 2 is 2.23 bits per heavy atom. The van der Waals surface area contributed by atoms with Crippen molar-refractivity contribution in [2.75, 3.05) is 7.11 Å². The predicted octanol–water partition coefficient (Wildman–Crippen LogP) is 1.96. The second-order valence-electron chi connectivity index (χ2n) is 5.02. The highest BCUT2D eigenvalue weighted by Crippen LogP contribution is 2.32. The number of benzene rings is 1. The van der Waals surface area contributed by atoms with Gasteiger partial charge in [-0.2, -0.15) is 4.39 Å². The van der Waals surface area contributed by atoms with E-state index in [2.05, 4.69) is 4.74 Å². The highest BCUT2D eigenvalue weighted by atomic mass is 19.1. The molecule has 1 fully saturated rings. The molecule has 118 valence electrons. The number of carbonyl (C=O) groups is 2. The van der Waals surface area contributed by atoms with Crippen molar-refractivity contribution in [3.8, 4) is 0 Å². The molecule has 2 atom stereocenters. The molecule has 1 aromatic rings. The Hall–Kier alpha value is -2.51. The number of amides is 1. The van der Waals surface area contributed by atoms with Gasteiger partial charge >= 0.3 is 11.7 Å². The monoisotopic (exact) mass is 310 g/mol. The largest absolute Gasteiger partial charge is 0.467 e. The molecule has 0 saturated carbocycles. The number of ether oxygens (including phenoxy) is 1. The molecule has 7 nitrogen and oxygen atoms in total. The summed E-state index contributed by atoms with van der Waals surface area (Å²) in [6, 6.07) is 2.11. The van der Waals surface area contributed by atoms with Crippen molar-refractivity contribution < 1.29 is 23.6 Å². The number of nitro benzene ring substituents is 1. The van der Waals surface area contributed by atoms with Crippen molar-refractivity contribution in [1.29, 1.82) is 0 Å². The maximum atomic E-state index is 13.4. The van der Waals surface area contributed by atoms with E-state index in [0.29, 0.717) is 12.0 Å². The van der Waals surface area contributed by atoms with Gasteiger partial charge in [0.2, 0.25) is 11.7 Å². The lowest BCUT2D eigenvalue weighted by Gasteiger charge is -2.29. The number of nitrogens with zero attached hydrogens (tertiary/aromatic N) is 2. The Bertz CT molecular complexity index is 634. The maximum Gasteiger partial charge on any atom is 0.328 e. The van der Waals surface area contributed by atoms with E-state index >= 15 is 0 Å². The van der Waals surface area contributed by atoms with Gasteiger partial charge in [-0.1, -0.05) is 6.07 Å². The average Bonchev–Trinajstić information content (AvgIpc) is 2.87. The van der Waals surface area contributed by atoms with E-state index in [1.807, 2.05) is 0 Å². The summed E-state index contributed by atoms with van der Waals surface area (Å²) in [5, 5.41) is 10.8. The Kier molecular flexibility index (Phi) is 4.39. The number of rotatable bonds is 4. The number of halogens is 1. The van der Waals surface area contributed by atoms with Crippen LogP contribution in [0.4, 0.5) is 10.1 Å². The standard InChI is InChI=1S/C14H15FN2O5/c1-8(9-3-4-10(15)12(7-9)17(20)21)16-11(14(19)22-2)5-6-13(16)18/h3-4,7-8,11H,5-6H2,1-2H3. The lowest BCUT2D eigenvalue weighted by molar-refractivity contribution is -0.387. The molecule has 1 aliphatic heterocycles. The number of nitro groups is 1. The number of esters is 1. The second-order valence-corrected chi connectivity index (χ2v) is 5.02. The first-order valence-corrected chi connectivity index (χ1v) is 6.69. The first kappa shape index (κ1) is 15.9. The van der Waals surface area contributed by atoms with Crippen LogP contribution in [0.15, 0.2) is 18.2 Å². The van der Waals surface area contributed by atoms with Crippen LogP contribution in [0.5, 0.6) is 0 Å². The summed E-state index contributed by atoms with van der Waals surface area (Å²) >= 11 is 0. The third kappa shape index (κ3) is 2.76. The lowest BCUT2D eigenvalue weighted by atomic mass is 10.0. The van der Waals surface area contributed by atoms with Crippen LogP contribution in [-0.2, 0) is 14.3 Å². The van der Waals surface area contributed by atoms with Crippen LogP contribution in [0.25, 0.3) is 0 Å². The van der Waals surface area contributed by atoms with E-state index in [1.165, 1.54) is 18.1 Å². The third-order valence-corrected chi connectivity index (χ3v) is 3.80. The number of likely N-dealkylation sites (tertiary alicyclic amines) is 1. The molecule has 0 N–H and O–H groups in total. The van der Waals surface area contributed by atoms with Gasteiger partial charge in [0.15, 0.2) is 0 Å². The molecule has 1 aliphatic rings. The quantitative estimate of drug-likeness (QED) is 0.482. The molecule has 0 bridgehead atoms. The van der Waals surface area contributed by atoms with Crippen LogP contribution in [-0.4, -0.2) is 34.9 Å². The Labute approximate surface area is 125 Å². The van der Waals surface area contributed by atoms with Gasteiger partial charge in [0, 0.05) is 12.5 Å². The smallest absolute Gasteiger partial charge is 0.328 e. The molecule has 1 aromatic carbocycles. The van der Waals surface area contributed by atoms with E-state index in [0.717, 1.165) is 12.1 Å². The van der Waals surface area contributed by atoms with E-state index in [-0.39, 0.29) is 12.3 Å². The minimum Gasteiger partial charge on any atom is -0.467 e. The van der Waals surface area contributed by atoms with E-state index in [1.54, 1.807) is 6.92 Å². The van der Waals surface area contributed by atoms with E-state index in [9.17, 15) is 24.1 Å². The van der Waals surface area contributed by atoms with Crippen molar-refractivity contribution in [1.82, 2.24) is 4.90 Å². The van der Waals surface area contributed by atoms with Crippen LogP contribution >= 0.6 is 0 Å². The molecule has 22 heavy (non-hydrogen) atoms.